The molecule has 0 unspecified atom stereocenters. The van der Waals surface area contributed by atoms with Gasteiger partial charge in [0.15, 0.2) is 0 Å². The molecular formula is C11H12Cl3N3O2. The van der Waals surface area contributed by atoms with E-state index in [4.69, 9.17) is 40.5 Å². The number of nitrogens with two attached hydrogens (primary N) is 1. The second kappa shape index (κ2) is 6.43. The van der Waals surface area contributed by atoms with Gasteiger partial charge in [0, 0.05) is 11.4 Å². The van der Waals surface area contributed by atoms with Crippen LogP contribution in [0.4, 0.5) is 11.4 Å². The van der Waals surface area contributed by atoms with Gasteiger partial charge in [-0.05, 0) is 24.6 Å². The van der Waals surface area contributed by atoms with E-state index in [2.05, 4.69) is 10.6 Å². The van der Waals surface area contributed by atoms with Crippen molar-refractivity contribution in [2.24, 2.45) is 5.73 Å². The van der Waals surface area contributed by atoms with Gasteiger partial charge in [0.2, 0.25) is 5.91 Å². The highest BCUT2D eigenvalue weighted by Gasteiger charge is 2.30. The number of benzene rings is 1. The van der Waals surface area contributed by atoms with Crippen molar-refractivity contribution in [3.63, 3.8) is 0 Å². The molecular weight excluding hydrogens is 312 g/mol. The van der Waals surface area contributed by atoms with E-state index in [1.165, 1.54) is 0 Å². The lowest BCUT2D eigenvalue weighted by Crippen LogP contribution is -2.27. The number of alkyl halides is 3. The lowest BCUT2D eigenvalue weighted by atomic mass is 10.1. The van der Waals surface area contributed by atoms with Gasteiger partial charge >= 0.3 is 0 Å². The number of rotatable bonds is 3. The Morgan fingerprint density at radius 1 is 1.26 bits per heavy atom. The summed E-state index contributed by atoms with van der Waals surface area (Å²) >= 11 is 16.4. The molecule has 0 radical (unpaired) electrons. The van der Waals surface area contributed by atoms with E-state index in [1.54, 1.807) is 25.1 Å². The summed E-state index contributed by atoms with van der Waals surface area (Å²) in [6, 6.07) is 4.94. The van der Waals surface area contributed by atoms with Crippen molar-refractivity contribution in [1.82, 2.24) is 0 Å². The third-order valence-electron chi connectivity index (χ3n) is 2.21. The number of carbonyl (C=O) groups excluding carboxylic acids is 2. The van der Waals surface area contributed by atoms with Gasteiger partial charge in [0.1, 0.15) is 0 Å². The first-order valence-electron chi connectivity index (χ1n) is 5.23. The maximum Gasteiger partial charge on any atom is 0.276 e. The maximum atomic E-state index is 11.6. The molecule has 0 atom stereocenters. The second-order valence-corrected chi connectivity index (χ2v) is 6.02. The van der Waals surface area contributed by atoms with Gasteiger partial charge in [-0.15, -0.1) is 0 Å². The summed E-state index contributed by atoms with van der Waals surface area (Å²) in [4.78, 5) is 22.7. The molecule has 0 heterocycles. The van der Waals surface area contributed by atoms with Crippen LogP contribution in [0, 0.1) is 6.92 Å². The smallest absolute Gasteiger partial charge is 0.276 e. The minimum atomic E-state index is -2.05. The molecule has 5 nitrogen and oxygen atoms in total. The first kappa shape index (κ1) is 16.0. The highest BCUT2D eigenvalue weighted by atomic mass is 35.6. The van der Waals surface area contributed by atoms with Crippen LogP contribution in [-0.4, -0.2) is 22.2 Å². The van der Waals surface area contributed by atoms with Gasteiger partial charge in [-0.2, -0.15) is 0 Å². The monoisotopic (exact) mass is 323 g/mol. The molecule has 0 bridgehead atoms. The van der Waals surface area contributed by atoms with E-state index >= 15 is 0 Å². The van der Waals surface area contributed by atoms with Gasteiger partial charge in [0.05, 0.1) is 6.54 Å². The molecule has 104 valence electrons. The zero-order chi connectivity index (χ0) is 14.6. The van der Waals surface area contributed by atoms with Crippen LogP contribution >= 0.6 is 34.8 Å². The number of halogens is 3. The molecule has 0 fully saturated rings. The molecule has 0 aromatic heterocycles. The summed E-state index contributed by atoms with van der Waals surface area (Å²) in [6.07, 6.45) is 0. The van der Waals surface area contributed by atoms with Crippen LogP contribution in [0.15, 0.2) is 18.2 Å². The topological polar surface area (TPSA) is 84.2 Å². The van der Waals surface area contributed by atoms with Crippen molar-refractivity contribution < 1.29 is 9.59 Å². The molecule has 19 heavy (non-hydrogen) atoms. The van der Waals surface area contributed by atoms with Gasteiger partial charge in [-0.1, -0.05) is 40.9 Å². The fourth-order valence-electron chi connectivity index (χ4n) is 1.24. The third-order valence-corrected chi connectivity index (χ3v) is 2.73. The number of anilines is 2. The molecule has 8 heteroatoms. The van der Waals surface area contributed by atoms with E-state index in [-0.39, 0.29) is 12.5 Å². The van der Waals surface area contributed by atoms with Crippen molar-refractivity contribution in [2.75, 3.05) is 17.2 Å². The third kappa shape index (κ3) is 4.87. The molecule has 0 aliphatic rings. The van der Waals surface area contributed by atoms with Crippen molar-refractivity contribution in [1.29, 1.82) is 0 Å². The number of hydrogen-bond acceptors (Lipinski definition) is 3. The number of amides is 2. The zero-order valence-electron chi connectivity index (χ0n) is 9.97. The molecule has 1 aromatic carbocycles. The highest BCUT2D eigenvalue weighted by Crippen LogP contribution is 2.29. The molecule has 0 aliphatic heterocycles. The molecule has 0 aliphatic carbocycles. The van der Waals surface area contributed by atoms with Crippen LogP contribution in [0.5, 0.6) is 0 Å². The minimum Gasteiger partial charge on any atom is -0.325 e. The summed E-state index contributed by atoms with van der Waals surface area (Å²) < 4.78 is -2.05. The fraction of sp³-hybridized carbons (Fsp3) is 0.273. The Morgan fingerprint density at radius 3 is 2.42 bits per heavy atom. The van der Waals surface area contributed by atoms with Crippen molar-refractivity contribution in [3.8, 4) is 0 Å². The summed E-state index contributed by atoms with van der Waals surface area (Å²) in [5.41, 5.74) is 6.87. The first-order chi connectivity index (χ1) is 8.74. The summed E-state index contributed by atoms with van der Waals surface area (Å²) in [5.74, 6) is -1.12. The van der Waals surface area contributed by atoms with Gasteiger partial charge in [0.25, 0.3) is 9.70 Å². The Labute approximate surface area is 125 Å². The summed E-state index contributed by atoms with van der Waals surface area (Å²) in [6.45, 7) is 1.63. The Kier molecular flexibility index (Phi) is 5.43. The number of aryl methyl sites for hydroxylation is 1. The number of nitrogens with one attached hydrogen (secondary N) is 2. The quantitative estimate of drug-likeness (QED) is 0.745. The summed E-state index contributed by atoms with van der Waals surface area (Å²) in [7, 11) is 0. The SMILES string of the molecule is Cc1ccc(NC(=O)CN)cc1NC(=O)C(Cl)(Cl)Cl. The normalized spacial score (nSPS) is 11.0. The standard InChI is InChI=1S/C11H12Cl3N3O2/c1-6-2-3-7(16-9(18)5-15)4-8(6)17-10(19)11(12,13)14/h2-4H,5,15H2,1H3,(H,16,18)(H,17,19). The van der Waals surface area contributed by atoms with Crippen LogP contribution in [0.2, 0.25) is 0 Å². The lowest BCUT2D eigenvalue weighted by Gasteiger charge is -2.14. The predicted molar refractivity (Wildman–Crippen MR) is 77.8 cm³/mol. The van der Waals surface area contributed by atoms with Crippen LogP contribution in [-0.2, 0) is 9.59 Å². The Bertz CT molecular complexity index is 500. The second-order valence-electron chi connectivity index (χ2n) is 3.73. The van der Waals surface area contributed by atoms with Crippen molar-refractivity contribution in [2.45, 2.75) is 10.7 Å². The maximum absolute atomic E-state index is 11.6. The number of carbonyl (C=O) groups is 2. The Hall–Kier alpha value is -1.01. The average molecular weight is 325 g/mol. The van der Waals surface area contributed by atoms with Crippen LogP contribution in [0.3, 0.4) is 0 Å². The molecule has 0 saturated heterocycles. The van der Waals surface area contributed by atoms with Crippen molar-refractivity contribution in [3.05, 3.63) is 23.8 Å². The number of hydrogen-bond donors (Lipinski definition) is 3. The van der Waals surface area contributed by atoms with E-state index in [0.29, 0.717) is 11.4 Å². The van der Waals surface area contributed by atoms with E-state index < -0.39 is 9.70 Å². The van der Waals surface area contributed by atoms with Gasteiger partial charge < -0.3 is 16.4 Å². The lowest BCUT2D eigenvalue weighted by molar-refractivity contribution is -0.115. The Morgan fingerprint density at radius 2 is 1.89 bits per heavy atom. The largest absolute Gasteiger partial charge is 0.325 e. The molecule has 4 N–H and O–H groups in total. The van der Waals surface area contributed by atoms with Gasteiger partial charge in [-0.3, -0.25) is 9.59 Å². The fourth-order valence-corrected chi connectivity index (χ4v) is 1.38. The average Bonchev–Trinajstić information content (AvgIpc) is 2.32. The summed E-state index contributed by atoms with van der Waals surface area (Å²) in [5, 5.41) is 5.02. The van der Waals surface area contributed by atoms with Crippen molar-refractivity contribution >= 4 is 58.0 Å². The van der Waals surface area contributed by atoms with Gasteiger partial charge in [-0.25, -0.2) is 0 Å². The minimum absolute atomic E-state index is 0.135. The molecule has 2 amide bonds. The first-order valence-corrected chi connectivity index (χ1v) is 6.36. The van der Waals surface area contributed by atoms with Crippen LogP contribution < -0.4 is 16.4 Å². The molecule has 0 spiro atoms. The van der Waals surface area contributed by atoms with Crippen LogP contribution in [0.1, 0.15) is 5.56 Å². The molecule has 0 saturated carbocycles. The molecule has 1 aromatic rings. The zero-order valence-corrected chi connectivity index (χ0v) is 12.2. The Balaban J connectivity index is 2.92. The van der Waals surface area contributed by atoms with Crippen LogP contribution in [0.25, 0.3) is 0 Å². The van der Waals surface area contributed by atoms with E-state index in [9.17, 15) is 9.59 Å². The van der Waals surface area contributed by atoms with E-state index in [1.807, 2.05) is 0 Å². The highest BCUT2D eigenvalue weighted by molar-refractivity contribution is 6.76. The molecule has 1 rings (SSSR count). The predicted octanol–water partition coefficient (Wildman–Crippen LogP) is 2.20. The van der Waals surface area contributed by atoms with E-state index in [0.717, 1.165) is 5.56 Å².